The van der Waals surface area contributed by atoms with Crippen molar-refractivity contribution < 1.29 is 13.9 Å². The van der Waals surface area contributed by atoms with Crippen molar-refractivity contribution in [1.82, 2.24) is 0 Å². The summed E-state index contributed by atoms with van der Waals surface area (Å²) in [7, 11) is 0. The largest absolute Gasteiger partial charge is 0.394 e. The maximum atomic E-state index is 12.2. The molecule has 1 heterocycles. The van der Waals surface area contributed by atoms with E-state index in [1.165, 1.54) is 6.07 Å². The van der Waals surface area contributed by atoms with Crippen LogP contribution in [-0.4, -0.2) is 11.7 Å². The number of thiophene rings is 1. The SMILES string of the molecule is C[C@@](N)(CO)c1csc(C(F)F)c1. The third kappa shape index (κ3) is 2.24. The van der Waals surface area contributed by atoms with Crippen LogP contribution in [0.15, 0.2) is 11.4 Å². The summed E-state index contributed by atoms with van der Waals surface area (Å²) in [6.07, 6.45) is -2.46. The first kappa shape index (κ1) is 10.6. The highest BCUT2D eigenvalue weighted by molar-refractivity contribution is 7.10. The lowest BCUT2D eigenvalue weighted by Gasteiger charge is -2.19. The fourth-order valence-corrected chi connectivity index (χ4v) is 1.76. The van der Waals surface area contributed by atoms with E-state index in [-0.39, 0.29) is 11.5 Å². The van der Waals surface area contributed by atoms with Crippen molar-refractivity contribution in [3.8, 4) is 0 Å². The molecule has 1 atom stereocenters. The molecule has 5 heteroatoms. The minimum absolute atomic E-state index is 0.0138. The number of halogens is 2. The summed E-state index contributed by atoms with van der Waals surface area (Å²) in [5, 5.41) is 10.4. The molecule has 0 saturated heterocycles. The standard InChI is InChI=1S/C8H11F2NOS/c1-8(11,4-12)5-2-6(7(9)10)13-3-5/h2-3,7,12H,4,11H2,1H3/t8-/m1/s1. The Balaban J connectivity index is 2.91. The van der Waals surface area contributed by atoms with E-state index in [0.29, 0.717) is 5.56 Å². The van der Waals surface area contributed by atoms with Crippen molar-refractivity contribution in [2.75, 3.05) is 6.61 Å². The minimum atomic E-state index is -2.46. The summed E-state index contributed by atoms with van der Waals surface area (Å²) in [4.78, 5) is -0.0138. The average molecular weight is 207 g/mol. The predicted molar refractivity (Wildman–Crippen MR) is 47.9 cm³/mol. The summed E-state index contributed by atoms with van der Waals surface area (Å²) >= 11 is 0.959. The van der Waals surface area contributed by atoms with Crippen LogP contribution in [0, 0.1) is 0 Å². The molecular weight excluding hydrogens is 196 g/mol. The molecule has 1 aromatic heterocycles. The predicted octanol–water partition coefficient (Wildman–Crippen LogP) is 1.85. The number of nitrogens with two attached hydrogens (primary N) is 1. The van der Waals surface area contributed by atoms with Crippen molar-refractivity contribution in [3.63, 3.8) is 0 Å². The van der Waals surface area contributed by atoms with Gasteiger partial charge in [0.1, 0.15) is 0 Å². The van der Waals surface area contributed by atoms with Crippen molar-refractivity contribution >= 4 is 11.3 Å². The summed E-state index contributed by atoms with van der Waals surface area (Å²) < 4.78 is 24.4. The second-order valence-corrected chi connectivity index (χ2v) is 4.06. The number of alkyl halides is 2. The molecule has 74 valence electrons. The highest BCUT2D eigenvalue weighted by Crippen LogP contribution is 2.30. The molecule has 0 aromatic carbocycles. The van der Waals surface area contributed by atoms with Crippen LogP contribution in [0.3, 0.4) is 0 Å². The first-order valence-electron chi connectivity index (χ1n) is 3.74. The molecule has 0 fully saturated rings. The van der Waals surface area contributed by atoms with Gasteiger partial charge in [-0.1, -0.05) is 0 Å². The van der Waals surface area contributed by atoms with Gasteiger partial charge in [-0.25, -0.2) is 8.78 Å². The topological polar surface area (TPSA) is 46.2 Å². The lowest BCUT2D eigenvalue weighted by atomic mass is 9.97. The number of aliphatic hydroxyl groups excluding tert-OH is 1. The highest BCUT2D eigenvalue weighted by atomic mass is 32.1. The van der Waals surface area contributed by atoms with Gasteiger partial charge in [-0.05, 0) is 23.9 Å². The number of rotatable bonds is 3. The van der Waals surface area contributed by atoms with Gasteiger partial charge in [-0.15, -0.1) is 11.3 Å². The van der Waals surface area contributed by atoms with Crippen LogP contribution < -0.4 is 5.73 Å². The first-order valence-corrected chi connectivity index (χ1v) is 4.62. The third-order valence-electron chi connectivity index (χ3n) is 1.82. The maximum Gasteiger partial charge on any atom is 0.272 e. The van der Waals surface area contributed by atoms with Gasteiger partial charge in [0.15, 0.2) is 0 Å². The Kier molecular flexibility index (Phi) is 3.00. The third-order valence-corrected chi connectivity index (χ3v) is 2.76. The van der Waals surface area contributed by atoms with Gasteiger partial charge in [0.25, 0.3) is 6.43 Å². The Morgan fingerprint density at radius 2 is 2.31 bits per heavy atom. The fraction of sp³-hybridized carbons (Fsp3) is 0.500. The molecule has 0 aliphatic heterocycles. The van der Waals surface area contributed by atoms with E-state index in [0.717, 1.165) is 11.3 Å². The van der Waals surface area contributed by atoms with Gasteiger partial charge in [-0.3, -0.25) is 0 Å². The monoisotopic (exact) mass is 207 g/mol. The zero-order valence-corrected chi connectivity index (χ0v) is 7.94. The lowest BCUT2D eigenvalue weighted by molar-refractivity contribution is 0.155. The zero-order valence-electron chi connectivity index (χ0n) is 7.13. The number of hydrogen-bond donors (Lipinski definition) is 2. The van der Waals surface area contributed by atoms with Crippen LogP contribution in [0.2, 0.25) is 0 Å². The molecule has 13 heavy (non-hydrogen) atoms. The van der Waals surface area contributed by atoms with E-state index in [2.05, 4.69) is 0 Å². The van der Waals surface area contributed by atoms with Crippen molar-refractivity contribution in [3.05, 3.63) is 21.9 Å². The average Bonchev–Trinajstić information content (AvgIpc) is 2.52. The Morgan fingerprint density at radius 1 is 1.69 bits per heavy atom. The Hall–Kier alpha value is -0.520. The quantitative estimate of drug-likeness (QED) is 0.794. The summed E-state index contributed by atoms with van der Waals surface area (Å²) in [5.41, 5.74) is 5.29. The van der Waals surface area contributed by atoms with Crippen LogP contribution in [0.1, 0.15) is 23.8 Å². The summed E-state index contributed by atoms with van der Waals surface area (Å²) in [5.74, 6) is 0. The lowest BCUT2D eigenvalue weighted by Crippen LogP contribution is -2.36. The minimum Gasteiger partial charge on any atom is -0.394 e. The van der Waals surface area contributed by atoms with E-state index in [1.54, 1.807) is 12.3 Å². The van der Waals surface area contributed by atoms with Gasteiger partial charge >= 0.3 is 0 Å². The van der Waals surface area contributed by atoms with E-state index < -0.39 is 12.0 Å². The number of hydrogen-bond acceptors (Lipinski definition) is 3. The molecule has 0 amide bonds. The first-order chi connectivity index (χ1) is 5.97. The van der Waals surface area contributed by atoms with Crippen LogP contribution in [0.5, 0.6) is 0 Å². The smallest absolute Gasteiger partial charge is 0.272 e. The van der Waals surface area contributed by atoms with E-state index in [9.17, 15) is 8.78 Å². The van der Waals surface area contributed by atoms with E-state index in [4.69, 9.17) is 10.8 Å². The van der Waals surface area contributed by atoms with Gasteiger partial charge < -0.3 is 10.8 Å². The van der Waals surface area contributed by atoms with Crippen molar-refractivity contribution in [1.29, 1.82) is 0 Å². The van der Waals surface area contributed by atoms with Crippen LogP contribution >= 0.6 is 11.3 Å². The van der Waals surface area contributed by atoms with Gasteiger partial charge in [0.05, 0.1) is 17.0 Å². The second-order valence-electron chi connectivity index (χ2n) is 3.11. The molecule has 1 rings (SSSR count). The Morgan fingerprint density at radius 3 is 2.69 bits per heavy atom. The summed E-state index contributed by atoms with van der Waals surface area (Å²) in [6.45, 7) is 1.34. The van der Waals surface area contributed by atoms with Gasteiger partial charge in [0.2, 0.25) is 0 Å². The number of aliphatic hydroxyl groups is 1. The summed E-state index contributed by atoms with van der Waals surface area (Å²) in [6, 6.07) is 1.34. The van der Waals surface area contributed by atoms with Crippen LogP contribution in [0.25, 0.3) is 0 Å². The van der Waals surface area contributed by atoms with E-state index in [1.807, 2.05) is 0 Å². The molecule has 0 aliphatic rings. The molecule has 3 N–H and O–H groups in total. The molecule has 0 saturated carbocycles. The molecule has 0 radical (unpaired) electrons. The molecule has 0 spiro atoms. The van der Waals surface area contributed by atoms with Crippen LogP contribution in [-0.2, 0) is 5.54 Å². The molecule has 1 aromatic rings. The zero-order chi connectivity index (χ0) is 10.1. The molecule has 2 nitrogen and oxygen atoms in total. The van der Waals surface area contributed by atoms with Gasteiger partial charge in [-0.2, -0.15) is 0 Å². The Labute approximate surface area is 79.0 Å². The highest BCUT2D eigenvalue weighted by Gasteiger charge is 2.23. The second kappa shape index (κ2) is 3.69. The molecular formula is C8H11F2NOS. The van der Waals surface area contributed by atoms with Gasteiger partial charge in [0, 0.05) is 0 Å². The Bertz CT molecular complexity index is 285. The molecule has 0 aliphatic carbocycles. The normalized spacial score (nSPS) is 16.2. The van der Waals surface area contributed by atoms with Crippen molar-refractivity contribution in [2.24, 2.45) is 5.73 Å². The van der Waals surface area contributed by atoms with Crippen LogP contribution in [0.4, 0.5) is 8.78 Å². The van der Waals surface area contributed by atoms with Crippen molar-refractivity contribution in [2.45, 2.75) is 18.9 Å². The fourth-order valence-electron chi connectivity index (χ4n) is 0.858. The molecule has 0 unspecified atom stereocenters. The van der Waals surface area contributed by atoms with E-state index >= 15 is 0 Å². The maximum absolute atomic E-state index is 12.2. The molecule has 0 bridgehead atoms.